The lowest BCUT2D eigenvalue weighted by atomic mass is 10.0. The van der Waals surface area contributed by atoms with Gasteiger partial charge in [0.2, 0.25) is 0 Å². The predicted molar refractivity (Wildman–Crippen MR) is 86.5 cm³/mol. The summed E-state index contributed by atoms with van der Waals surface area (Å²) in [7, 11) is 1.56. The summed E-state index contributed by atoms with van der Waals surface area (Å²) in [4.78, 5) is 1.20. The molecular weight excluding hydrogens is 286 g/mol. The minimum absolute atomic E-state index is 0.0262. The zero-order valence-electron chi connectivity index (χ0n) is 12.4. The number of ether oxygens (including phenoxy) is 2. The van der Waals surface area contributed by atoms with E-state index < -0.39 is 0 Å². The van der Waals surface area contributed by atoms with Gasteiger partial charge in [0, 0.05) is 23.5 Å². The molecule has 1 atom stereocenters. The van der Waals surface area contributed by atoms with E-state index in [2.05, 4.69) is 17.4 Å². The van der Waals surface area contributed by atoms with E-state index in [1.165, 1.54) is 4.91 Å². The topological polar surface area (TPSA) is 50.7 Å². The Morgan fingerprint density at radius 3 is 2.95 bits per heavy atom. The van der Waals surface area contributed by atoms with Gasteiger partial charge in [0.05, 0.1) is 7.11 Å². The van der Waals surface area contributed by atoms with Gasteiger partial charge in [-0.25, -0.2) is 4.72 Å². The van der Waals surface area contributed by atoms with E-state index in [0.717, 1.165) is 17.5 Å². The molecule has 0 bridgehead atoms. The van der Waals surface area contributed by atoms with E-state index >= 15 is 0 Å². The molecule has 0 fully saturated rings. The Labute approximate surface area is 130 Å². The number of aromatic hydroxyl groups is 1. The Bertz CT molecular complexity index is 543. The monoisotopic (exact) mass is 307 g/mol. The molecular formula is C16H21NO3S. The molecule has 0 saturated heterocycles. The number of methoxy groups -OCH3 is 1. The highest BCUT2D eigenvalue weighted by atomic mass is 32.2. The van der Waals surface area contributed by atoms with E-state index in [0.29, 0.717) is 18.8 Å². The Hall–Kier alpha value is -1.43. The van der Waals surface area contributed by atoms with Crippen LogP contribution in [0, 0.1) is 0 Å². The lowest BCUT2D eigenvalue weighted by Gasteiger charge is -2.11. The number of nitrogens with one attached hydrogen (secondary N) is 1. The summed E-state index contributed by atoms with van der Waals surface area (Å²) >= 11 is 1.58. The summed E-state index contributed by atoms with van der Waals surface area (Å²) in [6.07, 6.45) is 5.22. The van der Waals surface area contributed by atoms with Gasteiger partial charge < -0.3 is 14.6 Å². The number of benzene rings is 1. The lowest BCUT2D eigenvalue weighted by molar-refractivity contribution is 0.0929. The second-order valence-electron chi connectivity index (χ2n) is 4.70. The fraction of sp³-hybridized carbons (Fsp3) is 0.375. The second kappa shape index (κ2) is 7.54. The van der Waals surface area contributed by atoms with Crippen molar-refractivity contribution < 1.29 is 14.6 Å². The highest BCUT2D eigenvalue weighted by molar-refractivity contribution is 8.01. The van der Waals surface area contributed by atoms with Crippen LogP contribution in [0.4, 0.5) is 0 Å². The van der Waals surface area contributed by atoms with Crippen molar-refractivity contribution in [2.45, 2.75) is 26.0 Å². The maximum Gasteiger partial charge on any atom is 0.161 e. The zero-order valence-corrected chi connectivity index (χ0v) is 13.2. The van der Waals surface area contributed by atoms with Crippen molar-refractivity contribution in [1.82, 2.24) is 4.72 Å². The zero-order chi connectivity index (χ0) is 15.2. The van der Waals surface area contributed by atoms with Crippen LogP contribution in [0.1, 0.15) is 18.1 Å². The Morgan fingerprint density at radius 1 is 1.48 bits per heavy atom. The van der Waals surface area contributed by atoms with E-state index in [1.807, 2.05) is 19.1 Å². The highest BCUT2D eigenvalue weighted by Crippen LogP contribution is 2.34. The van der Waals surface area contributed by atoms with Crippen molar-refractivity contribution in [3.05, 3.63) is 46.9 Å². The van der Waals surface area contributed by atoms with Crippen LogP contribution in [0.5, 0.6) is 11.5 Å². The third-order valence-electron chi connectivity index (χ3n) is 3.17. The molecule has 114 valence electrons. The molecule has 2 rings (SSSR count). The maximum absolute atomic E-state index is 10.1. The summed E-state index contributed by atoms with van der Waals surface area (Å²) < 4.78 is 14.0. The number of phenolic OH excluding ortho intramolecular Hbond substituents is 1. The van der Waals surface area contributed by atoms with Crippen LogP contribution >= 0.6 is 11.9 Å². The van der Waals surface area contributed by atoms with Crippen molar-refractivity contribution in [2.24, 2.45) is 0 Å². The third-order valence-corrected chi connectivity index (χ3v) is 4.06. The molecule has 0 aliphatic carbocycles. The molecule has 0 radical (unpaired) electrons. The van der Waals surface area contributed by atoms with Gasteiger partial charge in [0.15, 0.2) is 11.5 Å². The first kappa shape index (κ1) is 15.9. The summed E-state index contributed by atoms with van der Waals surface area (Å²) in [5.41, 5.74) is 1.93. The summed E-state index contributed by atoms with van der Waals surface area (Å²) in [6.45, 7) is 6.38. The summed E-state index contributed by atoms with van der Waals surface area (Å²) in [5.74, 6) is 0.696. The SMILES string of the molecule is C=CCc1cc(CC2=CC(OCC)NS2)cc(OC)c1O. The van der Waals surface area contributed by atoms with Gasteiger partial charge in [0.1, 0.15) is 6.23 Å². The third kappa shape index (κ3) is 4.03. The van der Waals surface area contributed by atoms with Crippen molar-refractivity contribution in [3.63, 3.8) is 0 Å². The second-order valence-corrected chi connectivity index (χ2v) is 5.67. The molecule has 4 nitrogen and oxygen atoms in total. The average molecular weight is 307 g/mol. The van der Waals surface area contributed by atoms with Crippen molar-refractivity contribution in [2.75, 3.05) is 13.7 Å². The average Bonchev–Trinajstić information content (AvgIpc) is 2.90. The molecule has 1 heterocycles. The van der Waals surface area contributed by atoms with Crippen molar-refractivity contribution in [3.8, 4) is 11.5 Å². The number of hydrogen-bond donors (Lipinski definition) is 2. The molecule has 1 aromatic carbocycles. The van der Waals surface area contributed by atoms with Crippen LogP contribution in [0.3, 0.4) is 0 Å². The minimum atomic E-state index is -0.0262. The number of phenols is 1. The summed E-state index contributed by atoms with van der Waals surface area (Å²) in [6, 6.07) is 3.87. The fourth-order valence-electron chi connectivity index (χ4n) is 2.23. The normalized spacial score (nSPS) is 17.6. The smallest absolute Gasteiger partial charge is 0.161 e. The van der Waals surface area contributed by atoms with Crippen LogP contribution in [-0.2, 0) is 17.6 Å². The molecule has 0 spiro atoms. The Morgan fingerprint density at radius 2 is 2.29 bits per heavy atom. The van der Waals surface area contributed by atoms with Crippen LogP contribution in [0.15, 0.2) is 35.8 Å². The predicted octanol–water partition coefficient (Wildman–Crippen LogP) is 3.17. The van der Waals surface area contributed by atoms with Gasteiger partial charge in [0.25, 0.3) is 0 Å². The van der Waals surface area contributed by atoms with Gasteiger partial charge in [-0.3, -0.25) is 0 Å². The number of rotatable bonds is 7. The van der Waals surface area contributed by atoms with Crippen molar-refractivity contribution >= 4 is 11.9 Å². The van der Waals surface area contributed by atoms with Gasteiger partial charge in [-0.2, -0.15) is 0 Å². The molecule has 0 saturated carbocycles. The van der Waals surface area contributed by atoms with Crippen LogP contribution in [0.2, 0.25) is 0 Å². The molecule has 21 heavy (non-hydrogen) atoms. The largest absolute Gasteiger partial charge is 0.504 e. The standard InChI is InChI=1S/C16H21NO3S/c1-4-6-12-7-11(9-14(19-3)16(12)18)8-13-10-15(17-21-13)20-5-2/h4,7,9-10,15,17-18H,1,5-6,8H2,2-3H3. The quantitative estimate of drug-likeness (QED) is 0.598. The highest BCUT2D eigenvalue weighted by Gasteiger charge is 2.17. The van der Waals surface area contributed by atoms with Gasteiger partial charge in [-0.15, -0.1) is 6.58 Å². The van der Waals surface area contributed by atoms with Gasteiger partial charge in [-0.05, 0) is 43.0 Å². The molecule has 1 aliphatic rings. The van der Waals surface area contributed by atoms with E-state index in [4.69, 9.17) is 9.47 Å². The van der Waals surface area contributed by atoms with Gasteiger partial charge >= 0.3 is 0 Å². The van der Waals surface area contributed by atoms with E-state index in [9.17, 15) is 5.11 Å². The molecule has 1 aliphatic heterocycles. The molecule has 1 aromatic rings. The van der Waals surface area contributed by atoms with Crippen molar-refractivity contribution in [1.29, 1.82) is 0 Å². The molecule has 2 N–H and O–H groups in total. The van der Waals surface area contributed by atoms with E-state index in [-0.39, 0.29) is 12.0 Å². The molecule has 1 unspecified atom stereocenters. The minimum Gasteiger partial charge on any atom is -0.504 e. The molecule has 0 amide bonds. The first-order valence-corrected chi connectivity index (χ1v) is 7.73. The van der Waals surface area contributed by atoms with E-state index in [1.54, 1.807) is 25.1 Å². The Balaban J connectivity index is 2.18. The number of allylic oxidation sites excluding steroid dienone is 2. The number of hydrogen-bond acceptors (Lipinski definition) is 5. The first-order chi connectivity index (χ1) is 10.2. The van der Waals surface area contributed by atoms with Crippen LogP contribution in [-0.4, -0.2) is 25.1 Å². The van der Waals surface area contributed by atoms with Crippen LogP contribution in [0.25, 0.3) is 0 Å². The lowest BCUT2D eigenvalue weighted by Crippen LogP contribution is -2.19. The summed E-state index contributed by atoms with van der Waals surface area (Å²) in [5, 5.41) is 10.1. The maximum atomic E-state index is 10.1. The molecule has 5 heteroatoms. The van der Waals surface area contributed by atoms with Crippen LogP contribution < -0.4 is 9.46 Å². The Kier molecular flexibility index (Phi) is 5.73. The fourth-order valence-corrected chi connectivity index (χ4v) is 3.06. The van der Waals surface area contributed by atoms with Gasteiger partial charge in [-0.1, -0.05) is 12.1 Å². The molecule has 0 aromatic heterocycles. The first-order valence-electron chi connectivity index (χ1n) is 6.92.